The summed E-state index contributed by atoms with van der Waals surface area (Å²) in [5.41, 5.74) is 5.58. The van der Waals surface area contributed by atoms with Gasteiger partial charge in [0.15, 0.2) is 0 Å². The van der Waals surface area contributed by atoms with Crippen LogP contribution in [0.1, 0.15) is 31.9 Å². The second kappa shape index (κ2) is 5.89. The van der Waals surface area contributed by atoms with E-state index in [-0.39, 0.29) is 19.1 Å². The standard InChI is InChI=1S/C12H19N5O3/c1-8(9-3-2-4-9)17(12(19)20)6-10-5-16(15-14-10)7-11(13)18/h5,8-9H,2-4,6-7H2,1H3,(H2,13,18)(H,19,20). The zero-order valence-electron chi connectivity index (χ0n) is 11.4. The smallest absolute Gasteiger partial charge is 0.407 e. The van der Waals surface area contributed by atoms with Crippen molar-refractivity contribution in [2.75, 3.05) is 0 Å². The zero-order valence-corrected chi connectivity index (χ0v) is 11.4. The van der Waals surface area contributed by atoms with Gasteiger partial charge in [0.25, 0.3) is 0 Å². The van der Waals surface area contributed by atoms with E-state index in [1.54, 1.807) is 6.20 Å². The first kappa shape index (κ1) is 14.3. The van der Waals surface area contributed by atoms with Crippen LogP contribution in [0.5, 0.6) is 0 Å². The van der Waals surface area contributed by atoms with Crippen LogP contribution in [0.4, 0.5) is 4.79 Å². The highest BCUT2D eigenvalue weighted by molar-refractivity contribution is 5.73. The van der Waals surface area contributed by atoms with Gasteiger partial charge in [0, 0.05) is 6.04 Å². The number of carbonyl (C=O) groups excluding carboxylic acids is 1. The number of carbonyl (C=O) groups is 2. The average Bonchev–Trinajstić information content (AvgIpc) is 2.69. The van der Waals surface area contributed by atoms with Gasteiger partial charge in [-0.1, -0.05) is 11.6 Å². The lowest BCUT2D eigenvalue weighted by molar-refractivity contribution is -0.118. The van der Waals surface area contributed by atoms with Crippen LogP contribution in [0.2, 0.25) is 0 Å². The Morgan fingerprint density at radius 1 is 1.60 bits per heavy atom. The van der Waals surface area contributed by atoms with E-state index in [1.807, 2.05) is 6.92 Å². The van der Waals surface area contributed by atoms with E-state index in [0.717, 1.165) is 19.3 Å². The first-order valence-corrected chi connectivity index (χ1v) is 6.64. The fourth-order valence-electron chi connectivity index (χ4n) is 2.38. The van der Waals surface area contributed by atoms with Gasteiger partial charge in [0.2, 0.25) is 5.91 Å². The van der Waals surface area contributed by atoms with E-state index >= 15 is 0 Å². The minimum atomic E-state index is -0.964. The van der Waals surface area contributed by atoms with Crippen molar-refractivity contribution in [3.05, 3.63) is 11.9 Å². The highest BCUT2D eigenvalue weighted by Gasteiger charge is 2.31. The van der Waals surface area contributed by atoms with Crippen molar-refractivity contribution in [3.8, 4) is 0 Å². The lowest BCUT2D eigenvalue weighted by Crippen LogP contribution is -2.43. The summed E-state index contributed by atoms with van der Waals surface area (Å²) in [6.45, 7) is 2.04. The number of nitrogens with two attached hydrogens (primary N) is 1. The Bertz CT molecular complexity index is 497. The molecular weight excluding hydrogens is 262 g/mol. The summed E-state index contributed by atoms with van der Waals surface area (Å²) in [4.78, 5) is 23.5. The van der Waals surface area contributed by atoms with Crippen LogP contribution >= 0.6 is 0 Å². The van der Waals surface area contributed by atoms with E-state index in [2.05, 4.69) is 10.3 Å². The van der Waals surface area contributed by atoms with Gasteiger partial charge in [0.05, 0.1) is 12.7 Å². The van der Waals surface area contributed by atoms with Gasteiger partial charge < -0.3 is 10.8 Å². The molecule has 2 rings (SSSR count). The molecule has 1 aromatic heterocycles. The lowest BCUT2D eigenvalue weighted by Gasteiger charge is -2.37. The molecule has 0 spiro atoms. The van der Waals surface area contributed by atoms with Crippen LogP contribution in [0, 0.1) is 5.92 Å². The minimum absolute atomic E-state index is 0.0393. The molecule has 1 atom stereocenters. The molecule has 1 fully saturated rings. The zero-order chi connectivity index (χ0) is 14.7. The van der Waals surface area contributed by atoms with E-state index in [1.165, 1.54) is 9.58 Å². The molecule has 110 valence electrons. The Labute approximate surface area is 116 Å². The number of rotatable bonds is 6. The third-order valence-corrected chi connectivity index (χ3v) is 3.81. The Balaban J connectivity index is 2.02. The van der Waals surface area contributed by atoms with Gasteiger partial charge in [-0.25, -0.2) is 9.48 Å². The average molecular weight is 281 g/mol. The molecule has 1 aliphatic carbocycles. The van der Waals surface area contributed by atoms with Crippen molar-refractivity contribution < 1.29 is 14.7 Å². The van der Waals surface area contributed by atoms with Crippen molar-refractivity contribution in [1.29, 1.82) is 0 Å². The summed E-state index contributed by atoms with van der Waals surface area (Å²) in [6, 6.07) is -0.0393. The van der Waals surface area contributed by atoms with Crippen LogP contribution in [0.3, 0.4) is 0 Å². The molecule has 8 nitrogen and oxygen atoms in total. The van der Waals surface area contributed by atoms with Crippen molar-refractivity contribution in [1.82, 2.24) is 19.9 Å². The predicted octanol–water partition coefficient (Wildman–Crippen LogP) is 0.432. The van der Waals surface area contributed by atoms with Crippen LogP contribution in [0.25, 0.3) is 0 Å². The van der Waals surface area contributed by atoms with Crippen LogP contribution in [0.15, 0.2) is 6.20 Å². The van der Waals surface area contributed by atoms with Crippen LogP contribution in [-0.2, 0) is 17.9 Å². The highest BCUT2D eigenvalue weighted by atomic mass is 16.4. The molecule has 1 heterocycles. The minimum Gasteiger partial charge on any atom is -0.465 e. The lowest BCUT2D eigenvalue weighted by atomic mass is 9.80. The van der Waals surface area contributed by atoms with Crippen LogP contribution in [-0.4, -0.2) is 43.0 Å². The number of amides is 2. The second-order valence-electron chi connectivity index (χ2n) is 5.22. The number of carboxylic acid groups (broad SMARTS) is 1. The predicted molar refractivity (Wildman–Crippen MR) is 69.6 cm³/mol. The summed E-state index contributed by atoms with van der Waals surface area (Å²) in [5, 5.41) is 17.0. The molecule has 0 radical (unpaired) electrons. The van der Waals surface area contributed by atoms with E-state index in [0.29, 0.717) is 11.6 Å². The van der Waals surface area contributed by atoms with Gasteiger partial charge in [0.1, 0.15) is 12.2 Å². The number of hydrogen-bond acceptors (Lipinski definition) is 4. The maximum atomic E-state index is 11.4. The molecule has 1 unspecified atom stereocenters. The molecule has 1 saturated carbocycles. The maximum Gasteiger partial charge on any atom is 0.407 e. The summed E-state index contributed by atoms with van der Waals surface area (Å²) >= 11 is 0. The topological polar surface area (TPSA) is 114 Å². The number of nitrogens with zero attached hydrogens (tertiary/aromatic N) is 4. The van der Waals surface area contributed by atoms with Gasteiger partial charge in [-0.15, -0.1) is 5.10 Å². The quantitative estimate of drug-likeness (QED) is 0.784. The molecule has 0 bridgehead atoms. The van der Waals surface area contributed by atoms with Gasteiger partial charge in [-0.2, -0.15) is 0 Å². The summed E-state index contributed by atoms with van der Waals surface area (Å²) in [7, 11) is 0. The number of primary amides is 1. The first-order valence-electron chi connectivity index (χ1n) is 6.64. The maximum absolute atomic E-state index is 11.4. The number of hydrogen-bond donors (Lipinski definition) is 2. The molecule has 3 N–H and O–H groups in total. The van der Waals surface area contributed by atoms with Gasteiger partial charge in [-0.05, 0) is 25.7 Å². The molecule has 20 heavy (non-hydrogen) atoms. The largest absolute Gasteiger partial charge is 0.465 e. The Morgan fingerprint density at radius 3 is 2.80 bits per heavy atom. The van der Waals surface area contributed by atoms with Crippen molar-refractivity contribution >= 4 is 12.0 Å². The molecule has 0 saturated heterocycles. The molecule has 0 aromatic carbocycles. The van der Waals surface area contributed by atoms with Gasteiger partial charge in [-0.3, -0.25) is 9.69 Å². The summed E-state index contributed by atoms with van der Waals surface area (Å²) in [5.74, 6) is -0.0915. The summed E-state index contributed by atoms with van der Waals surface area (Å²) < 4.78 is 1.31. The van der Waals surface area contributed by atoms with Gasteiger partial charge >= 0.3 is 6.09 Å². The highest BCUT2D eigenvalue weighted by Crippen LogP contribution is 2.32. The van der Waals surface area contributed by atoms with E-state index in [9.17, 15) is 14.7 Å². The molecule has 1 aromatic rings. The SMILES string of the molecule is CC(C1CCC1)N(Cc1cn(CC(N)=O)nn1)C(=O)O. The van der Waals surface area contributed by atoms with Crippen LogP contribution < -0.4 is 5.73 Å². The fraction of sp³-hybridized carbons (Fsp3) is 0.667. The molecular formula is C12H19N5O3. The Hall–Kier alpha value is -2.12. The molecule has 0 aliphatic heterocycles. The molecule has 2 amide bonds. The Morgan fingerprint density at radius 2 is 2.30 bits per heavy atom. The van der Waals surface area contributed by atoms with Crippen molar-refractivity contribution in [2.45, 2.75) is 45.3 Å². The van der Waals surface area contributed by atoms with E-state index in [4.69, 9.17) is 5.73 Å². The third kappa shape index (κ3) is 3.25. The van der Waals surface area contributed by atoms with E-state index < -0.39 is 12.0 Å². The monoisotopic (exact) mass is 281 g/mol. The van der Waals surface area contributed by atoms with Crippen molar-refractivity contribution in [3.63, 3.8) is 0 Å². The normalized spacial score (nSPS) is 16.4. The third-order valence-electron chi connectivity index (χ3n) is 3.81. The molecule has 8 heteroatoms. The summed E-state index contributed by atoms with van der Waals surface area (Å²) in [6.07, 6.45) is 3.89. The molecule has 1 aliphatic rings. The fourth-order valence-corrected chi connectivity index (χ4v) is 2.38. The number of aromatic nitrogens is 3. The second-order valence-corrected chi connectivity index (χ2v) is 5.22. The van der Waals surface area contributed by atoms with Crippen molar-refractivity contribution in [2.24, 2.45) is 11.7 Å². The Kier molecular flexibility index (Phi) is 4.21. The first-order chi connectivity index (χ1) is 9.47.